The highest BCUT2D eigenvalue weighted by molar-refractivity contribution is 7.90. The molecule has 3 aliphatic rings. The van der Waals surface area contributed by atoms with Crippen LogP contribution in [0.25, 0.3) is 0 Å². The monoisotopic (exact) mass is 389 g/mol. The Morgan fingerprint density at radius 1 is 1.26 bits per heavy atom. The molecule has 1 aromatic rings. The second-order valence-electron chi connectivity index (χ2n) is 8.55. The number of aryl methyl sites for hydroxylation is 2. The van der Waals surface area contributed by atoms with Crippen LogP contribution >= 0.6 is 12.3 Å². The van der Waals surface area contributed by atoms with Crippen molar-refractivity contribution < 1.29 is 13.5 Å². The zero-order valence-electron chi connectivity index (χ0n) is 16.6. The lowest BCUT2D eigenvalue weighted by molar-refractivity contribution is -0.199. The number of hydrogen-bond acceptors (Lipinski definition) is 5. The largest absolute Gasteiger partial charge is 0.398 e. The normalized spacial score (nSPS) is 33.5. The maximum Gasteiger partial charge on any atom is 0.260 e. The summed E-state index contributed by atoms with van der Waals surface area (Å²) in [6.45, 7) is 6.95. The molecule has 0 aliphatic heterocycles. The Balaban J connectivity index is 1.63. The van der Waals surface area contributed by atoms with Gasteiger partial charge in [0.1, 0.15) is 5.75 Å². The molecule has 0 radical (unpaired) electrons. The molecule has 0 saturated heterocycles. The third-order valence-electron chi connectivity index (χ3n) is 7.67. The molecule has 2 fully saturated rings. The molecule has 27 heavy (non-hydrogen) atoms. The van der Waals surface area contributed by atoms with E-state index in [2.05, 4.69) is 48.3 Å². The Hall–Kier alpha value is -1.01. The first-order valence-corrected chi connectivity index (χ1v) is 11.0. The van der Waals surface area contributed by atoms with Crippen LogP contribution in [0.5, 0.6) is 5.75 Å². The Kier molecular flexibility index (Phi) is 5.57. The molecule has 4 atom stereocenters. The summed E-state index contributed by atoms with van der Waals surface area (Å²) < 4.78 is 10.3. The second kappa shape index (κ2) is 7.78. The van der Waals surface area contributed by atoms with Gasteiger partial charge in [0.2, 0.25) is 0 Å². The smallest absolute Gasteiger partial charge is 0.260 e. The lowest BCUT2D eigenvalue weighted by atomic mass is 9.55. The van der Waals surface area contributed by atoms with Gasteiger partial charge < -0.3 is 4.18 Å². The summed E-state index contributed by atoms with van der Waals surface area (Å²) in [6, 6.07) is 4.62. The molecular formula is C22H31NO3S. The fourth-order valence-electron chi connectivity index (χ4n) is 6.39. The zero-order valence-corrected chi connectivity index (χ0v) is 17.4. The minimum absolute atomic E-state index is 0.445. The molecule has 148 valence electrons. The molecule has 4 rings (SSSR count). The Morgan fingerprint density at radius 2 is 2.11 bits per heavy atom. The van der Waals surface area contributed by atoms with E-state index in [0.29, 0.717) is 11.3 Å². The lowest BCUT2D eigenvalue weighted by Crippen LogP contribution is -2.40. The van der Waals surface area contributed by atoms with Crippen molar-refractivity contribution >= 4 is 12.3 Å². The van der Waals surface area contributed by atoms with Crippen LogP contribution in [0.15, 0.2) is 23.8 Å². The maximum atomic E-state index is 5.67. The highest BCUT2D eigenvalue weighted by atomic mass is 32.2. The molecule has 0 unspecified atom stereocenters. The first-order chi connectivity index (χ1) is 13.1. The first kappa shape index (κ1) is 19.3. The van der Waals surface area contributed by atoms with Gasteiger partial charge in [-0.15, -0.1) is 9.32 Å². The van der Waals surface area contributed by atoms with Crippen LogP contribution in [0.4, 0.5) is 0 Å². The van der Waals surface area contributed by atoms with Gasteiger partial charge in [-0.3, -0.25) is 0 Å². The molecule has 3 aliphatic carbocycles. The molecule has 0 amide bonds. The fourth-order valence-corrected chi connectivity index (χ4v) is 6.68. The fraction of sp³-hybridized carbons (Fsp3) is 0.636. The number of nitrogens with two attached hydrogens (primary N) is 1. The van der Waals surface area contributed by atoms with E-state index in [1.165, 1.54) is 43.2 Å². The standard InChI is InChI=1S/C22H31NO3S/c1-4-14-12-19-15(13-21(14)24-27-26-25-23)6-8-18-17(19)10-11-22(3)16(5-2)7-9-20(18)22/h5,12-13,17-18,20H,4,6-11,23H2,1-3H3/b16-5-/t17-,18+,20-,22+/m0/s1. The maximum absolute atomic E-state index is 5.67. The first-order valence-electron chi connectivity index (χ1n) is 10.3. The molecule has 0 spiro atoms. The average molecular weight is 390 g/mol. The van der Waals surface area contributed by atoms with Gasteiger partial charge in [-0.05, 0) is 97.8 Å². The number of allylic oxidation sites excluding steroid dienone is 2. The Morgan fingerprint density at radius 3 is 2.85 bits per heavy atom. The topological polar surface area (TPSA) is 53.7 Å². The van der Waals surface area contributed by atoms with Gasteiger partial charge in [-0.1, -0.05) is 31.6 Å². The molecule has 0 heterocycles. The van der Waals surface area contributed by atoms with Crippen molar-refractivity contribution in [2.45, 2.75) is 71.6 Å². The van der Waals surface area contributed by atoms with Crippen molar-refractivity contribution in [2.24, 2.45) is 23.1 Å². The zero-order chi connectivity index (χ0) is 19.0. The quantitative estimate of drug-likeness (QED) is 0.226. The van der Waals surface area contributed by atoms with E-state index < -0.39 is 0 Å². The van der Waals surface area contributed by atoms with E-state index in [9.17, 15) is 0 Å². The van der Waals surface area contributed by atoms with E-state index in [0.717, 1.165) is 42.8 Å². The van der Waals surface area contributed by atoms with Crippen molar-refractivity contribution in [3.05, 3.63) is 40.5 Å². The minimum Gasteiger partial charge on any atom is -0.398 e. The molecule has 0 aromatic heterocycles. The molecule has 2 N–H and O–H groups in total. The second-order valence-corrected chi connectivity index (χ2v) is 8.99. The third kappa shape index (κ3) is 3.23. The molecule has 4 nitrogen and oxygen atoms in total. The summed E-state index contributed by atoms with van der Waals surface area (Å²) in [5, 5.41) is 0. The molecule has 1 aromatic carbocycles. The van der Waals surface area contributed by atoms with Gasteiger partial charge in [0.25, 0.3) is 12.3 Å². The van der Waals surface area contributed by atoms with Crippen LogP contribution in [0.2, 0.25) is 0 Å². The van der Waals surface area contributed by atoms with Crippen molar-refractivity contribution in [3.8, 4) is 5.75 Å². The number of benzene rings is 1. The van der Waals surface area contributed by atoms with E-state index in [1.807, 2.05) is 0 Å². The van der Waals surface area contributed by atoms with Gasteiger partial charge in [-0.2, -0.15) is 5.90 Å². The van der Waals surface area contributed by atoms with Crippen molar-refractivity contribution in [1.82, 2.24) is 0 Å². The highest BCUT2D eigenvalue weighted by Crippen LogP contribution is 2.62. The third-order valence-corrected chi connectivity index (χ3v) is 8.06. The summed E-state index contributed by atoms with van der Waals surface area (Å²) in [6.07, 6.45) is 11.1. The van der Waals surface area contributed by atoms with Gasteiger partial charge >= 0.3 is 0 Å². The molecule has 2 saturated carbocycles. The summed E-state index contributed by atoms with van der Waals surface area (Å²) in [7, 11) is 0. The Bertz CT molecular complexity index is 735. The van der Waals surface area contributed by atoms with Crippen molar-refractivity contribution in [1.29, 1.82) is 0 Å². The molecule has 5 heteroatoms. The van der Waals surface area contributed by atoms with Gasteiger partial charge in [0.15, 0.2) is 0 Å². The van der Waals surface area contributed by atoms with Gasteiger partial charge in [-0.25, -0.2) is 0 Å². The number of rotatable bonds is 5. The number of fused-ring (bicyclic) bond motifs is 5. The van der Waals surface area contributed by atoms with E-state index in [-0.39, 0.29) is 0 Å². The van der Waals surface area contributed by atoms with E-state index >= 15 is 0 Å². The van der Waals surface area contributed by atoms with Crippen molar-refractivity contribution in [3.63, 3.8) is 0 Å². The van der Waals surface area contributed by atoms with Crippen molar-refractivity contribution in [2.75, 3.05) is 0 Å². The van der Waals surface area contributed by atoms with Crippen LogP contribution in [0.1, 0.15) is 75.5 Å². The highest BCUT2D eigenvalue weighted by Gasteiger charge is 2.52. The molecular weight excluding hydrogens is 358 g/mol. The minimum atomic E-state index is 0.445. The summed E-state index contributed by atoms with van der Waals surface area (Å²) >= 11 is 0.771. The SMILES string of the molecule is C/C=C1/CC[C@H]2[C@@H]3CCc4cc(OSOON)c(CC)cc4[C@H]3CC[C@]12C. The Labute approximate surface area is 167 Å². The predicted octanol–water partition coefficient (Wildman–Crippen LogP) is 5.82. The van der Waals surface area contributed by atoms with Gasteiger partial charge in [0, 0.05) is 0 Å². The van der Waals surface area contributed by atoms with Crippen LogP contribution in [-0.2, 0) is 22.2 Å². The lowest BCUT2D eigenvalue weighted by Gasteiger charge is -2.49. The summed E-state index contributed by atoms with van der Waals surface area (Å²) in [4.78, 5) is 4.12. The van der Waals surface area contributed by atoms with Gasteiger partial charge in [0.05, 0.1) is 0 Å². The van der Waals surface area contributed by atoms with Crippen LogP contribution < -0.4 is 10.1 Å². The van der Waals surface area contributed by atoms with E-state index in [4.69, 9.17) is 10.1 Å². The van der Waals surface area contributed by atoms with Crippen LogP contribution in [0.3, 0.4) is 0 Å². The van der Waals surface area contributed by atoms with Crippen LogP contribution in [-0.4, -0.2) is 0 Å². The summed E-state index contributed by atoms with van der Waals surface area (Å²) in [5.41, 5.74) is 6.42. The van der Waals surface area contributed by atoms with Crippen LogP contribution in [0, 0.1) is 17.3 Å². The predicted molar refractivity (Wildman–Crippen MR) is 109 cm³/mol. The average Bonchev–Trinajstić information content (AvgIpc) is 3.03. The van der Waals surface area contributed by atoms with E-state index in [1.54, 1.807) is 11.1 Å². The molecule has 0 bridgehead atoms. The summed E-state index contributed by atoms with van der Waals surface area (Å²) in [5.74, 6) is 8.15. The number of hydrogen-bond donors (Lipinski definition) is 1.